The second-order valence-electron chi connectivity index (χ2n) is 2.40. The summed E-state index contributed by atoms with van der Waals surface area (Å²) in [6, 6.07) is 0. The molecule has 3 nitrogen and oxygen atoms in total. The number of nitrogens with one attached hydrogen (secondary N) is 3. The first kappa shape index (κ1) is 10.6. The average Bonchev–Trinajstić information content (AvgIpc) is 2.10. The van der Waals surface area contributed by atoms with Crippen LogP contribution >= 0.6 is 0 Å². The predicted molar refractivity (Wildman–Crippen MR) is 53.5 cm³/mol. The van der Waals surface area contributed by atoms with E-state index in [1.54, 1.807) is 6.20 Å². The molecule has 0 fully saturated rings. The first-order valence-electron chi connectivity index (χ1n) is 3.82. The van der Waals surface area contributed by atoms with Gasteiger partial charge < -0.3 is 16.0 Å². The van der Waals surface area contributed by atoms with Crippen molar-refractivity contribution in [2.75, 3.05) is 20.1 Å². The van der Waals surface area contributed by atoms with Crippen LogP contribution in [-0.2, 0) is 0 Å². The molecule has 0 saturated heterocycles. The quantitative estimate of drug-likeness (QED) is 0.518. The van der Waals surface area contributed by atoms with Crippen molar-refractivity contribution in [2.45, 2.75) is 0 Å². The van der Waals surface area contributed by atoms with Crippen molar-refractivity contribution in [3.05, 3.63) is 37.3 Å². The van der Waals surface area contributed by atoms with Crippen LogP contribution in [0.5, 0.6) is 0 Å². The van der Waals surface area contributed by atoms with Crippen LogP contribution in [0.1, 0.15) is 0 Å². The van der Waals surface area contributed by atoms with Gasteiger partial charge in [0.1, 0.15) is 0 Å². The van der Waals surface area contributed by atoms with Crippen LogP contribution < -0.4 is 16.0 Å². The van der Waals surface area contributed by atoms with Gasteiger partial charge in [0.15, 0.2) is 0 Å². The van der Waals surface area contributed by atoms with Crippen molar-refractivity contribution < 1.29 is 0 Å². The van der Waals surface area contributed by atoms with E-state index in [1.165, 1.54) is 0 Å². The fourth-order valence-corrected chi connectivity index (χ4v) is 0.578. The van der Waals surface area contributed by atoms with Gasteiger partial charge in [-0.05, 0) is 6.20 Å². The van der Waals surface area contributed by atoms with Crippen LogP contribution in [0.3, 0.4) is 0 Å². The lowest BCUT2D eigenvalue weighted by Crippen LogP contribution is -2.26. The molecule has 0 amide bonds. The predicted octanol–water partition coefficient (Wildman–Crippen LogP) is 0.556. The average molecular weight is 167 g/mol. The van der Waals surface area contributed by atoms with Crippen molar-refractivity contribution in [1.29, 1.82) is 0 Å². The topological polar surface area (TPSA) is 36.1 Å². The smallest absolute Gasteiger partial charge is 0.0539 e. The zero-order valence-corrected chi connectivity index (χ0v) is 7.61. The molecule has 12 heavy (non-hydrogen) atoms. The van der Waals surface area contributed by atoms with E-state index in [4.69, 9.17) is 0 Å². The number of hydrogen-bond acceptors (Lipinski definition) is 3. The molecule has 0 heterocycles. The van der Waals surface area contributed by atoms with Crippen molar-refractivity contribution in [2.24, 2.45) is 0 Å². The van der Waals surface area contributed by atoms with Gasteiger partial charge in [-0.2, -0.15) is 0 Å². The van der Waals surface area contributed by atoms with Gasteiger partial charge in [-0.25, -0.2) is 0 Å². The highest BCUT2D eigenvalue weighted by atomic mass is 15.0. The summed E-state index contributed by atoms with van der Waals surface area (Å²) in [5, 5.41) is 8.98. The van der Waals surface area contributed by atoms with Gasteiger partial charge in [-0.1, -0.05) is 19.7 Å². The van der Waals surface area contributed by atoms with E-state index in [-0.39, 0.29) is 0 Å². The molecule has 0 aliphatic rings. The molecule has 0 unspecified atom stereocenters. The van der Waals surface area contributed by atoms with Crippen molar-refractivity contribution in [3.63, 3.8) is 0 Å². The lowest BCUT2D eigenvalue weighted by atomic mass is 10.4. The third-order valence-corrected chi connectivity index (χ3v) is 1.37. The summed E-state index contributed by atoms with van der Waals surface area (Å²) >= 11 is 0. The van der Waals surface area contributed by atoms with Crippen LogP contribution in [0.15, 0.2) is 37.3 Å². The Kier molecular flexibility index (Phi) is 5.61. The Bertz CT molecular complexity index is 173. The van der Waals surface area contributed by atoms with Crippen LogP contribution in [-0.4, -0.2) is 20.1 Å². The van der Waals surface area contributed by atoms with Crippen LogP contribution in [0.25, 0.3) is 0 Å². The first-order chi connectivity index (χ1) is 5.70. The normalized spacial score (nSPS) is 8.42. The molecule has 0 radical (unpaired) electrons. The molecule has 3 heteroatoms. The Morgan fingerprint density at radius 1 is 1.25 bits per heavy atom. The minimum Gasteiger partial charge on any atom is -0.390 e. The summed E-state index contributed by atoms with van der Waals surface area (Å²) in [4.78, 5) is 0. The lowest BCUT2D eigenvalue weighted by molar-refractivity contribution is 0.767. The first-order valence-corrected chi connectivity index (χ1v) is 3.82. The van der Waals surface area contributed by atoms with Crippen molar-refractivity contribution in [1.82, 2.24) is 16.0 Å². The summed E-state index contributed by atoms with van der Waals surface area (Å²) in [5.41, 5.74) is 1.86. The fourth-order valence-electron chi connectivity index (χ4n) is 0.578. The summed E-state index contributed by atoms with van der Waals surface area (Å²) in [6.45, 7) is 12.5. The Morgan fingerprint density at radius 2 is 1.92 bits per heavy atom. The summed E-state index contributed by atoms with van der Waals surface area (Å²) in [6.07, 6.45) is 1.64. The van der Waals surface area contributed by atoms with Crippen LogP contribution in [0.2, 0.25) is 0 Å². The molecule has 3 N–H and O–H groups in total. The van der Waals surface area contributed by atoms with E-state index >= 15 is 0 Å². The third-order valence-electron chi connectivity index (χ3n) is 1.37. The van der Waals surface area contributed by atoms with E-state index in [0.29, 0.717) is 13.1 Å². The van der Waals surface area contributed by atoms with E-state index in [0.717, 1.165) is 11.4 Å². The van der Waals surface area contributed by atoms with E-state index in [9.17, 15) is 0 Å². The van der Waals surface area contributed by atoms with E-state index < -0.39 is 0 Å². The summed E-state index contributed by atoms with van der Waals surface area (Å²) in [5.74, 6) is 0. The standard InChI is InChI=1S/C9H17N3/c1-5-11-6-9(3)12-7-8(2)10-4/h5,10-12H,1-3,6-7H2,4H3. The summed E-state index contributed by atoms with van der Waals surface area (Å²) < 4.78 is 0. The van der Waals surface area contributed by atoms with Gasteiger partial charge in [0.05, 0.1) is 13.1 Å². The Hall–Kier alpha value is -1.38. The van der Waals surface area contributed by atoms with Crippen molar-refractivity contribution >= 4 is 0 Å². The molecule has 0 bridgehead atoms. The Labute approximate surface area is 74.2 Å². The van der Waals surface area contributed by atoms with Gasteiger partial charge in [0, 0.05) is 18.4 Å². The molecule has 68 valence electrons. The Balaban J connectivity index is 3.43. The van der Waals surface area contributed by atoms with Gasteiger partial charge in [-0.15, -0.1) is 0 Å². The monoisotopic (exact) mass is 167 g/mol. The third kappa shape index (κ3) is 5.41. The molecule has 0 aliphatic heterocycles. The number of hydrogen-bond donors (Lipinski definition) is 3. The highest BCUT2D eigenvalue weighted by molar-refractivity contribution is 5.01. The zero-order chi connectivity index (χ0) is 9.40. The zero-order valence-electron chi connectivity index (χ0n) is 7.61. The molecule has 0 aromatic heterocycles. The molecule has 0 saturated carbocycles. The Morgan fingerprint density at radius 3 is 2.42 bits per heavy atom. The molecule has 0 rings (SSSR count). The SMILES string of the molecule is C=CNCC(=C)NCC(=C)NC. The van der Waals surface area contributed by atoms with E-state index in [2.05, 4.69) is 35.7 Å². The van der Waals surface area contributed by atoms with E-state index in [1.807, 2.05) is 7.05 Å². The molecule has 0 aromatic carbocycles. The highest BCUT2D eigenvalue weighted by Gasteiger charge is 1.91. The number of rotatable bonds is 7. The molecule has 0 spiro atoms. The lowest BCUT2D eigenvalue weighted by Gasteiger charge is -2.10. The number of likely N-dealkylation sites (N-methyl/N-ethyl adjacent to an activating group) is 1. The van der Waals surface area contributed by atoms with Gasteiger partial charge in [0.2, 0.25) is 0 Å². The maximum Gasteiger partial charge on any atom is 0.0539 e. The van der Waals surface area contributed by atoms with Gasteiger partial charge in [0.25, 0.3) is 0 Å². The van der Waals surface area contributed by atoms with Gasteiger partial charge >= 0.3 is 0 Å². The van der Waals surface area contributed by atoms with Crippen molar-refractivity contribution in [3.8, 4) is 0 Å². The second kappa shape index (κ2) is 6.34. The highest BCUT2D eigenvalue weighted by Crippen LogP contribution is 1.83. The van der Waals surface area contributed by atoms with Crippen LogP contribution in [0.4, 0.5) is 0 Å². The summed E-state index contributed by atoms with van der Waals surface area (Å²) in [7, 11) is 1.84. The minimum absolute atomic E-state index is 0.695. The molecule has 0 atom stereocenters. The largest absolute Gasteiger partial charge is 0.390 e. The van der Waals surface area contributed by atoms with Gasteiger partial charge in [-0.3, -0.25) is 0 Å². The maximum absolute atomic E-state index is 3.81. The fraction of sp³-hybridized carbons (Fsp3) is 0.333. The minimum atomic E-state index is 0.695. The molecule has 0 aliphatic carbocycles. The van der Waals surface area contributed by atoms with Crippen LogP contribution in [0, 0.1) is 0 Å². The molecule has 0 aromatic rings. The second-order valence-corrected chi connectivity index (χ2v) is 2.40. The molecular formula is C9H17N3. The molecular weight excluding hydrogens is 150 g/mol. The maximum atomic E-state index is 3.81.